The van der Waals surface area contributed by atoms with E-state index in [-0.39, 0.29) is 5.97 Å². The van der Waals surface area contributed by atoms with Crippen molar-refractivity contribution in [3.8, 4) is 0 Å². The van der Waals surface area contributed by atoms with Crippen LogP contribution in [0.4, 0.5) is 5.69 Å². The maximum absolute atomic E-state index is 11.6. The first kappa shape index (κ1) is 18.7. The van der Waals surface area contributed by atoms with Crippen molar-refractivity contribution in [1.29, 1.82) is 0 Å². The van der Waals surface area contributed by atoms with Crippen molar-refractivity contribution in [1.82, 2.24) is 5.32 Å². The Morgan fingerprint density at radius 3 is 2.68 bits per heavy atom. The lowest BCUT2D eigenvalue weighted by Gasteiger charge is -2.19. The van der Waals surface area contributed by atoms with Crippen LogP contribution in [0.2, 0.25) is 5.02 Å². The first-order valence-corrected chi connectivity index (χ1v) is 7.99. The normalized spacial score (nSPS) is 11.0. The van der Waals surface area contributed by atoms with Crippen LogP contribution in [-0.2, 0) is 9.53 Å². The van der Waals surface area contributed by atoms with Crippen molar-refractivity contribution in [3.05, 3.63) is 28.8 Å². The molecule has 4 nitrogen and oxygen atoms in total. The second-order valence-electron chi connectivity index (χ2n) is 5.98. The number of carbonyl (C=O) groups excluding carboxylic acids is 1. The van der Waals surface area contributed by atoms with Crippen LogP contribution < -0.4 is 10.6 Å². The van der Waals surface area contributed by atoms with Gasteiger partial charge in [-0.2, -0.15) is 0 Å². The van der Waals surface area contributed by atoms with Gasteiger partial charge < -0.3 is 15.4 Å². The molecule has 6 heteroatoms. The van der Waals surface area contributed by atoms with Crippen LogP contribution in [-0.4, -0.2) is 23.2 Å². The smallest absolute Gasteiger partial charge is 0.306 e. The van der Waals surface area contributed by atoms with E-state index >= 15 is 0 Å². The highest BCUT2D eigenvalue weighted by Crippen LogP contribution is 2.22. The van der Waals surface area contributed by atoms with E-state index in [1.54, 1.807) is 0 Å². The van der Waals surface area contributed by atoms with E-state index in [4.69, 9.17) is 28.6 Å². The lowest BCUT2D eigenvalue weighted by atomic mass is 10.2. The number of hydrogen-bond donors (Lipinski definition) is 2. The molecule has 0 aliphatic heterocycles. The molecule has 0 bridgehead atoms. The summed E-state index contributed by atoms with van der Waals surface area (Å²) < 4.78 is 5.24. The molecule has 2 N–H and O–H groups in total. The van der Waals surface area contributed by atoms with Gasteiger partial charge in [-0.1, -0.05) is 17.7 Å². The number of hydrogen-bond acceptors (Lipinski definition) is 3. The van der Waals surface area contributed by atoms with Gasteiger partial charge >= 0.3 is 5.97 Å². The van der Waals surface area contributed by atoms with Crippen LogP contribution >= 0.6 is 23.8 Å². The Bertz CT molecular complexity index is 541. The highest BCUT2D eigenvalue weighted by molar-refractivity contribution is 7.80. The van der Waals surface area contributed by atoms with Gasteiger partial charge in [0, 0.05) is 23.7 Å². The number of esters is 1. The maximum atomic E-state index is 11.6. The Labute approximate surface area is 142 Å². The van der Waals surface area contributed by atoms with Crippen molar-refractivity contribution in [2.45, 2.75) is 46.1 Å². The fraction of sp³-hybridized carbons (Fsp3) is 0.500. The van der Waals surface area contributed by atoms with Crippen LogP contribution in [0.25, 0.3) is 0 Å². The van der Waals surface area contributed by atoms with E-state index in [0.717, 1.165) is 11.3 Å². The van der Waals surface area contributed by atoms with Crippen LogP contribution in [0.1, 0.15) is 39.2 Å². The molecule has 1 aromatic carbocycles. The highest BCUT2D eigenvalue weighted by atomic mass is 35.5. The summed E-state index contributed by atoms with van der Waals surface area (Å²) in [6, 6.07) is 5.61. The molecular formula is C16H23ClN2O2S. The first-order chi connectivity index (χ1) is 10.2. The third-order valence-corrected chi connectivity index (χ3v) is 3.44. The van der Waals surface area contributed by atoms with Gasteiger partial charge in [0.1, 0.15) is 5.60 Å². The Morgan fingerprint density at radius 1 is 1.36 bits per heavy atom. The van der Waals surface area contributed by atoms with Gasteiger partial charge in [0.25, 0.3) is 0 Å². The summed E-state index contributed by atoms with van der Waals surface area (Å²) in [4.78, 5) is 11.6. The maximum Gasteiger partial charge on any atom is 0.306 e. The SMILES string of the molecule is Cc1c(Cl)cccc1NC(=S)NCCCC(=O)OC(C)(C)C. The van der Waals surface area contributed by atoms with E-state index in [1.807, 2.05) is 45.9 Å². The van der Waals surface area contributed by atoms with Gasteiger partial charge in [-0.25, -0.2) is 0 Å². The molecule has 1 aromatic rings. The first-order valence-electron chi connectivity index (χ1n) is 7.21. The second kappa shape index (κ2) is 8.34. The lowest BCUT2D eigenvalue weighted by Crippen LogP contribution is -2.30. The number of rotatable bonds is 5. The molecule has 0 heterocycles. The zero-order chi connectivity index (χ0) is 16.8. The number of benzene rings is 1. The third-order valence-electron chi connectivity index (χ3n) is 2.78. The average Bonchev–Trinajstić information content (AvgIpc) is 2.38. The molecule has 122 valence electrons. The molecule has 0 saturated carbocycles. The number of halogens is 1. The molecule has 0 saturated heterocycles. The number of nitrogens with one attached hydrogen (secondary N) is 2. The minimum absolute atomic E-state index is 0.195. The van der Waals surface area contributed by atoms with Crippen LogP contribution in [0.5, 0.6) is 0 Å². The molecule has 0 aromatic heterocycles. The molecule has 22 heavy (non-hydrogen) atoms. The van der Waals surface area contributed by atoms with Gasteiger partial charge in [0.15, 0.2) is 5.11 Å². The fourth-order valence-electron chi connectivity index (χ4n) is 1.74. The molecule has 0 atom stereocenters. The van der Waals surface area contributed by atoms with Crippen LogP contribution in [0, 0.1) is 6.92 Å². The molecule has 0 aliphatic rings. The Kier molecular flexibility index (Phi) is 7.10. The molecule has 0 spiro atoms. The summed E-state index contributed by atoms with van der Waals surface area (Å²) >= 11 is 11.3. The van der Waals surface area contributed by atoms with Crippen molar-refractivity contribution >= 4 is 40.6 Å². The minimum Gasteiger partial charge on any atom is -0.460 e. The molecular weight excluding hydrogens is 320 g/mol. The summed E-state index contributed by atoms with van der Waals surface area (Å²) in [6.07, 6.45) is 1.02. The summed E-state index contributed by atoms with van der Waals surface area (Å²) in [6.45, 7) is 8.10. The summed E-state index contributed by atoms with van der Waals surface area (Å²) in [7, 11) is 0. The number of thiocarbonyl (C=S) groups is 1. The van der Waals surface area contributed by atoms with E-state index in [0.29, 0.717) is 29.5 Å². The predicted octanol–water partition coefficient (Wildman–Crippen LogP) is 4.06. The molecule has 0 aliphatic carbocycles. The van der Waals surface area contributed by atoms with Gasteiger partial charge in [0.05, 0.1) is 0 Å². The Hall–Kier alpha value is -1.33. The van der Waals surface area contributed by atoms with Crippen LogP contribution in [0.3, 0.4) is 0 Å². The second-order valence-corrected chi connectivity index (χ2v) is 6.80. The topological polar surface area (TPSA) is 50.4 Å². The number of anilines is 1. The van der Waals surface area contributed by atoms with E-state index in [1.165, 1.54) is 0 Å². The van der Waals surface area contributed by atoms with Crippen LogP contribution in [0.15, 0.2) is 18.2 Å². The Morgan fingerprint density at radius 2 is 2.05 bits per heavy atom. The van der Waals surface area contributed by atoms with Crippen molar-refractivity contribution in [3.63, 3.8) is 0 Å². The molecule has 1 rings (SSSR count). The highest BCUT2D eigenvalue weighted by Gasteiger charge is 2.15. The number of carbonyl (C=O) groups is 1. The minimum atomic E-state index is -0.439. The summed E-state index contributed by atoms with van der Waals surface area (Å²) in [5.74, 6) is -0.195. The largest absolute Gasteiger partial charge is 0.460 e. The van der Waals surface area contributed by atoms with Gasteiger partial charge in [0.2, 0.25) is 0 Å². The van der Waals surface area contributed by atoms with E-state index in [2.05, 4.69) is 10.6 Å². The zero-order valence-electron chi connectivity index (χ0n) is 13.5. The van der Waals surface area contributed by atoms with Crippen molar-refractivity contribution < 1.29 is 9.53 Å². The van der Waals surface area contributed by atoms with E-state index in [9.17, 15) is 4.79 Å². The standard InChI is InChI=1S/C16H23ClN2O2S/c1-11-12(17)7-5-8-13(11)19-15(22)18-10-6-9-14(20)21-16(2,3)4/h5,7-8H,6,9-10H2,1-4H3,(H2,18,19,22). The predicted molar refractivity (Wildman–Crippen MR) is 95.5 cm³/mol. The monoisotopic (exact) mass is 342 g/mol. The van der Waals surface area contributed by atoms with Gasteiger partial charge in [-0.3, -0.25) is 4.79 Å². The van der Waals surface area contributed by atoms with Crippen molar-refractivity contribution in [2.24, 2.45) is 0 Å². The summed E-state index contributed by atoms with van der Waals surface area (Å²) in [5, 5.41) is 7.36. The van der Waals surface area contributed by atoms with Gasteiger partial charge in [-0.15, -0.1) is 0 Å². The Balaban J connectivity index is 2.30. The van der Waals surface area contributed by atoms with E-state index < -0.39 is 5.60 Å². The molecule has 0 amide bonds. The zero-order valence-corrected chi connectivity index (χ0v) is 15.0. The lowest BCUT2D eigenvalue weighted by molar-refractivity contribution is -0.154. The molecule has 0 fully saturated rings. The average molecular weight is 343 g/mol. The third kappa shape index (κ3) is 7.09. The quantitative estimate of drug-likeness (QED) is 0.480. The number of ether oxygens (including phenoxy) is 1. The van der Waals surface area contributed by atoms with Crippen molar-refractivity contribution in [2.75, 3.05) is 11.9 Å². The summed E-state index contributed by atoms with van der Waals surface area (Å²) in [5.41, 5.74) is 1.38. The molecule has 0 unspecified atom stereocenters. The van der Waals surface area contributed by atoms with Gasteiger partial charge in [-0.05, 0) is 64.0 Å². The fourth-order valence-corrected chi connectivity index (χ4v) is 2.12. The molecule has 0 radical (unpaired) electrons.